The van der Waals surface area contributed by atoms with Crippen LogP contribution in [-0.2, 0) is 5.60 Å². The zero-order valence-electron chi connectivity index (χ0n) is 9.36. The van der Waals surface area contributed by atoms with E-state index in [0.29, 0.717) is 6.42 Å². The molecule has 0 radical (unpaired) electrons. The summed E-state index contributed by atoms with van der Waals surface area (Å²) in [6, 6.07) is 7.53. The van der Waals surface area contributed by atoms with E-state index in [-0.39, 0.29) is 0 Å². The first-order valence-electron chi connectivity index (χ1n) is 5.08. The third kappa shape index (κ3) is 3.10. The van der Waals surface area contributed by atoms with Crippen LogP contribution in [0.25, 0.3) is 0 Å². The number of hydrogen-bond acceptors (Lipinski definition) is 2. The van der Waals surface area contributed by atoms with E-state index in [9.17, 15) is 5.11 Å². The lowest BCUT2D eigenvalue weighted by Gasteiger charge is -2.23. The van der Waals surface area contributed by atoms with E-state index in [2.05, 4.69) is 6.58 Å². The van der Waals surface area contributed by atoms with Crippen molar-refractivity contribution >= 4 is 0 Å². The Morgan fingerprint density at radius 3 is 2.87 bits per heavy atom. The molecule has 1 rings (SSSR count). The van der Waals surface area contributed by atoms with Crippen LogP contribution in [-0.4, -0.2) is 12.2 Å². The molecular weight excluding hydrogens is 188 g/mol. The van der Waals surface area contributed by atoms with Crippen molar-refractivity contribution < 1.29 is 9.84 Å². The smallest absolute Gasteiger partial charge is 0.119 e. The molecule has 0 aromatic heterocycles. The van der Waals surface area contributed by atoms with Crippen LogP contribution in [0, 0.1) is 0 Å². The highest BCUT2D eigenvalue weighted by atomic mass is 16.5. The first-order chi connectivity index (χ1) is 7.10. The Labute approximate surface area is 91.2 Å². The van der Waals surface area contributed by atoms with Crippen molar-refractivity contribution in [3.05, 3.63) is 42.5 Å². The maximum Gasteiger partial charge on any atom is 0.119 e. The highest BCUT2D eigenvalue weighted by Gasteiger charge is 2.22. The van der Waals surface area contributed by atoms with Crippen molar-refractivity contribution in [2.75, 3.05) is 7.11 Å². The van der Waals surface area contributed by atoms with Gasteiger partial charge < -0.3 is 9.84 Å². The van der Waals surface area contributed by atoms with Crippen molar-refractivity contribution in [1.29, 1.82) is 0 Å². The third-order valence-corrected chi connectivity index (χ3v) is 2.53. The van der Waals surface area contributed by atoms with Crippen LogP contribution in [0.4, 0.5) is 0 Å². The fourth-order valence-corrected chi connectivity index (χ4v) is 1.49. The molecule has 0 bridgehead atoms. The SMILES string of the molecule is C=CCCC(C)(O)c1cccc(OC)c1. The summed E-state index contributed by atoms with van der Waals surface area (Å²) < 4.78 is 5.12. The molecule has 1 N–H and O–H groups in total. The summed E-state index contributed by atoms with van der Waals surface area (Å²) in [5.74, 6) is 0.770. The largest absolute Gasteiger partial charge is 0.497 e. The van der Waals surface area contributed by atoms with E-state index in [1.165, 1.54) is 0 Å². The van der Waals surface area contributed by atoms with Crippen LogP contribution in [0.1, 0.15) is 25.3 Å². The topological polar surface area (TPSA) is 29.5 Å². The Kier molecular flexibility index (Phi) is 3.92. The van der Waals surface area contributed by atoms with Gasteiger partial charge in [0.2, 0.25) is 0 Å². The molecule has 0 heterocycles. The van der Waals surface area contributed by atoms with E-state index in [0.717, 1.165) is 17.7 Å². The molecule has 0 fully saturated rings. The second-order valence-electron chi connectivity index (χ2n) is 3.83. The van der Waals surface area contributed by atoms with Crippen molar-refractivity contribution in [1.82, 2.24) is 0 Å². The molecule has 0 saturated carbocycles. The summed E-state index contributed by atoms with van der Waals surface area (Å²) in [7, 11) is 1.62. The molecule has 0 aliphatic heterocycles. The number of ether oxygens (including phenoxy) is 1. The lowest BCUT2D eigenvalue weighted by Crippen LogP contribution is -2.20. The number of rotatable bonds is 5. The first kappa shape index (κ1) is 11.8. The van der Waals surface area contributed by atoms with Crippen LogP contribution >= 0.6 is 0 Å². The second kappa shape index (κ2) is 4.99. The molecule has 2 heteroatoms. The number of allylic oxidation sites excluding steroid dienone is 1. The van der Waals surface area contributed by atoms with E-state index in [1.54, 1.807) is 7.11 Å². The predicted octanol–water partition coefficient (Wildman–Crippen LogP) is 2.87. The van der Waals surface area contributed by atoms with Gasteiger partial charge in [-0.1, -0.05) is 18.2 Å². The summed E-state index contributed by atoms with van der Waals surface area (Å²) in [6.07, 6.45) is 3.28. The summed E-state index contributed by atoms with van der Waals surface area (Å²) >= 11 is 0. The predicted molar refractivity (Wildman–Crippen MR) is 62.0 cm³/mol. The Hall–Kier alpha value is -1.28. The Morgan fingerprint density at radius 1 is 1.53 bits per heavy atom. The minimum absolute atomic E-state index is 0.670. The van der Waals surface area contributed by atoms with Crippen molar-refractivity contribution in [3.8, 4) is 5.75 Å². The van der Waals surface area contributed by atoms with Gasteiger partial charge in [0, 0.05) is 0 Å². The van der Waals surface area contributed by atoms with Crippen molar-refractivity contribution in [2.45, 2.75) is 25.4 Å². The highest BCUT2D eigenvalue weighted by molar-refractivity contribution is 5.31. The normalized spacial score (nSPS) is 14.3. The maximum absolute atomic E-state index is 10.2. The quantitative estimate of drug-likeness (QED) is 0.751. The summed E-state index contributed by atoms with van der Waals surface area (Å²) in [5.41, 5.74) is 0.0617. The molecule has 0 aliphatic rings. The molecule has 2 nitrogen and oxygen atoms in total. The summed E-state index contributed by atoms with van der Waals surface area (Å²) in [5, 5.41) is 10.2. The standard InChI is InChI=1S/C13H18O2/c1-4-5-9-13(2,14)11-7-6-8-12(10-11)15-3/h4,6-8,10,14H,1,5,9H2,2-3H3. The van der Waals surface area contributed by atoms with Gasteiger partial charge in [-0.25, -0.2) is 0 Å². The van der Waals surface area contributed by atoms with Crippen LogP contribution in [0.2, 0.25) is 0 Å². The highest BCUT2D eigenvalue weighted by Crippen LogP contribution is 2.28. The average molecular weight is 206 g/mol. The number of benzene rings is 1. The molecule has 1 aromatic rings. The van der Waals surface area contributed by atoms with Crippen LogP contribution in [0.3, 0.4) is 0 Å². The van der Waals surface area contributed by atoms with Crippen LogP contribution < -0.4 is 4.74 Å². The van der Waals surface area contributed by atoms with Gasteiger partial charge in [-0.15, -0.1) is 6.58 Å². The fraction of sp³-hybridized carbons (Fsp3) is 0.385. The van der Waals surface area contributed by atoms with Crippen LogP contribution in [0.15, 0.2) is 36.9 Å². The molecular formula is C13H18O2. The fourth-order valence-electron chi connectivity index (χ4n) is 1.49. The second-order valence-corrected chi connectivity index (χ2v) is 3.83. The molecule has 0 saturated heterocycles. The minimum atomic E-state index is -0.817. The van der Waals surface area contributed by atoms with Gasteiger partial charge in [-0.3, -0.25) is 0 Å². The molecule has 0 aliphatic carbocycles. The zero-order chi connectivity index (χ0) is 11.3. The number of methoxy groups -OCH3 is 1. The van der Waals surface area contributed by atoms with E-state index >= 15 is 0 Å². The zero-order valence-corrected chi connectivity index (χ0v) is 9.36. The maximum atomic E-state index is 10.2. The Morgan fingerprint density at radius 2 is 2.27 bits per heavy atom. The van der Waals surface area contributed by atoms with Gasteiger partial charge in [0.25, 0.3) is 0 Å². The number of hydrogen-bond donors (Lipinski definition) is 1. The lowest BCUT2D eigenvalue weighted by atomic mass is 9.91. The molecule has 1 unspecified atom stereocenters. The van der Waals surface area contributed by atoms with Gasteiger partial charge >= 0.3 is 0 Å². The third-order valence-electron chi connectivity index (χ3n) is 2.53. The Balaban J connectivity index is 2.87. The van der Waals surface area contributed by atoms with E-state index < -0.39 is 5.60 Å². The molecule has 0 amide bonds. The number of aliphatic hydroxyl groups is 1. The van der Waals surface area contributed by atoms with Gasteiger partial charge in [0.15, 0.2) is 0 Å². The Bertz CT molecular complexity index is 329. The molecule has 1 aromatic carbocycles. The monoisotopic (exact) mass is 206 g/mol. The first-order valence-corrected chi connectivity index (χ1v) is 5.08. The van der Waals surface area contributed by atoms with Crippen molar-refractivity contribution in [2.24, 2.45) is 0 Å². The van der Waals surface area contributed by atoms with Gasteiger partial charge in [0.1, 0.15) is 5.75 Å². The van der Waals surface area contributed by atoms with E-state index in [4.69, 9.17) is 4.74 Å². The summed E-state index contributed by atoms with van der Waals surface area (Å²) in [6.45, 7) is 5.47. The molecule has 15 heavy (non-hydrogen) atoms. The molecule has 82 valence electrons. The van der Waals surface area contributed by atoms with Crippen molar-refractivity contribution in [3.63, 3.8) is 0 Å². The van der Waals surface area contributed by atoms with Gasteiger partial charge in [0.05, 0.1) is 12.7 Å². The van der Waals surface area contributed by atoms with Gasteiger partial charge in [-0.2, -0.15) is 0 Å². The average Bonchev–Trinajstić information content (AvgIpc) is 2.26. The van der Waals surface area contributed by atoms with E-state index in [1.807, 2.05) is 37.3 Å². The molecule has 1 atom stereocenters. The summed E-state index contributed by atoms with van der Waals surface area (Å²) in [4.78, 5) is 0. The van der Waals surface area contributed by atoms with Crippen LogP contribution in [0.5, 0.6) is 5.75 Å². The minimum Gasteiger partial charge on any atom is -0.497 e. The lowest BCUT2D eigenvalue weighted by molar-refractivity contribution is 0.0486. The van der Waals surface area contributed by atoms with Gasteiger partial charge in [-0.05, 0) is 37.5 Å². The molecule has 0 spiro atoms.